The van der Waals surface area contributed by atoms with Crippen LogP contribution in [0.15, 0.2) is 0 Å². The molecule has 0 rings (SSSR count). The van der Waals surface area contributed by atoms with Gasteiger partial charge in [-0.1, -0.05) is 65.2 Å². The van der Waals surface area contributed by atoms with Crippen molar-refractivity contribution in [2.24, 2.45) is 0 Å². The summed E-state index contributed by atoms with van der Waals surface area (Å²) in [6.07, 6.45) is -3.88. The number of Topliss-reactive ketones (excluding diaryl/α,β-unsaturated/α-hetero) is 3. The standard InChI is InChI=1S/C22H40O8/c1-3-5-7-9-11-13-15(23)17(25)19(27)21(29)22(30)20(28)18(26)16(24)14-12-10-8-6-4-2/h17-19,21-22,25-27,29-30H,3-14H2,1-2H3/t17?,18?,19-,21-,22+/m1/s1/i1D,2D. The van der Waals surface area contributed by atoms with Gasteiger partial charge in [0, 0.05) is 15.6 Å². The van der Waals surface area contributed by atoms with E-state index >= 15 is 0 Å². The van der Waals surface area contributed by atoms with E-state index in [2.05, 4.69) is 0 Å². The highest BCUT2D eigenvalue weighted by Gasteiger charge is 2.40. The first kappa shape index (κ1) is 25.1. The predicted molar refractivity (Wildman–Crippen MR) is 112 cm³/mol. The van der Waals surface area contributed by atoms with Gasteiger partial charge < -0.3 is 25.5 Å². The fraction of sp³-hybridized carbons (Fsp3) is 0.864. The molecule has 2 unspecified atom stereocenters. The van der Waals surface area contributed by atoms with Crippen LogP contribution >= 0.6 is 0 Å². The number of aliphatic hydroxyl groups excluding tert-OH is 5. The van der Waals surface area contributed by atoms with E-state index in [1.807, 2.05) is 0 Å². The smallest absolute Gasteiger partial charge is 0.199 e. The lowest BCUT2D eigenvalue weighted by molar-refractivity contribution is -0.160. The Bertz CT molecular complexity index is 546. The van der Waals surface area contributed by atoms with E-state index in [1.165, 1.54) is 0 Å². The van der Waals surface area contributed by atoms with Crippen molar-refractivity contribution in [2.75, 3.05) is 0 Å². The van der Waals surface area contributed by atoms with Crippen LogP contribution in [0, 0.1) is 0 Å². The zero-order valence-electron chi connectivity index (χ0n) is 19.7. The molecule has 0 bridgehead atoms. The molecule has 0 amide bonds. The van der Waals surface area contributed by atoms with Gasteiger partial charge in [-0.15, -0.1) is 0 Å². The predicted octanol–water partition coefficient (Wildman–Crippen LogP) is 1.22. The molecule has 0 spiro atoms. The molecule has 0 fully saturated rings. The Kier molecular flexibility index (Phi) is 13.8. The van der Waals surface area contributed by atoms with Crippen molar-refractivity contribution < 1.29 is 42.7 Å². The Morgan fingerprint density at radius 3 is 1.57 bits per heavy atom. The minimum absolute atomic E-state index is 0.0568. The first-order valence-electron chi connectivity index (χ1n) is 12.2. The number of unbranched alkanes of at least 4 members (excludes halogenated alkanes) is 8. The fourth-order valence-electron chi connectivity index (χ4n) is 3.00. The van der Waals surface area contributed by atoms with Crippen LogP contribution < -0.4 is 0 Å². The van der Waals surface area contributed by atoms with E-state index < -0.39 is 47.9 Å². The summed E-state index contributed by atoms with van der Waals surface area (Å²) in [7, 11) is 0. The van der Waals surface area contributed by atoms with Crippen LogP contribution in [0.25, 0.3) is 0 Å². The van der Waals surface area contributed by atoms with Gasteiger partial charge in [0.05, 0.1) is 0 Å². The molecule has 5 N–H and O–H groups in total. The average molecular weight is 435 g/mol. The van der Waals surface area contributed by atoms with Crippen molar-refractivity contribution in [1.29, 1.82) is 0 Å². The lowest BCUT2D eigenvalue weighted by atomic mass is 9.92. The molecule has 0 radical (unpaired) electrons. The second-order valence-electron chi connectivity index (χ2n) is 7.64. The topological polar surface area (TPSA) is 152 Å². The number of hydrogen-bond acceptors (Lipinski definition) is 8. The van der Waals surface area contributed by atoms with Crippen molar-refractivity contribution in [3.8, 4) is 0 Å². The van der Waals surface area contributed by atoms with Gasteiger partial charge in [0.1, 0.15) is 24.4 Å². The van der Waals surface area contributed by atoms with E-state index in [0.717, 1.165) is 38.5 Å². The molecule has 0 saturated heterocycles. The van der Waals surface area contributed by atoms with E-state index in [0.29, 0.717) is 39.5 Å². The van der Waals surface area contributed by atoms with Gasteiger partial charge in [-0.25, -0.2) is 0 Å². The molecule has 0 aliphatic carbocycles. The highest BCUT2D eigenvalue weighted by atomic mass is 16.4. The normalized spacial score (nSPS) is 17.4. The van der Waals surface area contributed by atoms with Crippen LogP contribution in [0.5, 0.6) is 0 Å². The van der Waals surface area contributed by atoms with Crippen LogP contribution in [-0.4, -0.2) is 73.4 Å². The molecular formula is C22H40O8. The zero-order valence-corrected chi connectivity index (χ0v) is 17.7. The summed E-state index contributed by atoms with van der Waals surface area (Å²) in [5.41, 5.74) is 0. The Hall–Kier alpha value is -1.19. The Morgan fingerprint density at radius 2 is 1.07 bits per heavy atom. The summed E-state index contributed by atoms with van der Waals surface area (Å²) in [6.45, 7) is 0.683. The summed E-state index contributed by atoms with van der Waals surface area (Å²) in [4.78, 5) is 36.0. The molecule has 0 saturated carbocycles. The van der Waals surface area contributed by atoms with Gasteiger partial charge in [0.2, 0.25) is 0 Å². The van der Waals surface area contributed by atoms with Crippen LogP contribution in [0.4, 0.5) is 0 Å². The van der Waals surface area contributed by atoms with Crippen LogP contribution in [0.1, 0.15) is 93.6 Å². The maximum atomic E-state index is 12.1. The Balaban J connectivity index is 4.46. The maximum absolute atomic E-state index is 12.1. The Morgan fingerprint density at radius 1 is 0.633 bits per heavy atom. The van der Waals surface area contributed by atoms with E-state index in [-0.39, 0.29) is 12.8 Å². The van der Waals surface area contributed by atoms with Gasteiger partial charge in [0.25, 0.3) is 0 Å². The third kappa shape index (κ3) is 10.7. The average Bonchev–Trinajstić information content (AvgIpc) is 2.80. The Labute approximate surface area is 182 Å². The molecule has 8 heteroatoms. The van der Waals surface area contributed by atoms with Gasteiger partial charge in [0.15, 0.2) is 23.5 Å². The first-order valence-corrected chi connectivity index (χ1v) is 10.8. The molecule has 5 atom stereocenters. The molecule has 0 aromatic rings. The number of ketones is 3. The molecule has 30 heavy (non-hydrogen) atoms. The maximum Gasteiger partial charge on any atom is 0.199 e. The highest BCUT2D eigenvalue weighted by molar-refractivity contribution is 6.07. The number of hydrogen-bond donors (Lipinski definition) is 5. The zero-order chi connectivity index (χ0) is 24.5. The third-order valence-electron chi connectivity index (χ3n) is 5.04. The number of aliphatic hydroxyl groups is 5. The van der Waals surface area contributed by atoms with Crippen molar-refractivity contribution in [2.45, 2.75) is 121 Å². The third-order valence-corrected chi connectivity index (χ3v) is 5.04. The van der Waals surface area contributed by atoms with Gasteiger partial charge >= 0.3 is 0 Å². The summed E-state index contributed by atoms with van der Waals surface area (Å²) >= 11 is 0. The molecule has 0 heterocycles. The van der Waals surface area contributed by atoms with E-state index in [9.17, 15) is 39.9 Å². The molecule has 8 nitrogen and oxygen atoms in total. The minimum atomic E-state index is -2.34. The van der Waals surface area contributed by atoms with Gasteiger partial charge in [-0.2, -0.15) is 0 Å². The fourth-order valence-corrected chi connectivity index (χ4v) is 3.00. The van der Waals surface area contributed by atoms with Crippen molar-refractivity contribution >= 4 is 17.3 Å². The van der Waals surface area contributed by atoms with Crippen LogP contribution in [0.3, 0.4) is 0 Å². The van der Waals surface area contributed by atoms with E-state index in [1.54, 1.807) is 0 Å². The highest BCUT2D eigenvalue weighted by Crippen LogP contribution is 2.14. The second kappa shape index (κ2) is 16.5. The van der Waals surface area contributed by atoms with Crippen LogP contribution in [-0.2, 0) is 14.4 Å². The summed E-state index contributed by atoms with van der Waals surface area (Å²) in [5, 5.41) is 49.7. The minimum Gasteiger partial charge on any atom is -0.387 e. The summed E-state index contributed by atoms with van der Waals surface area (Å²) in [6, 6.07) is 0. The van der Waals surface area contributed by atoms with Gasteiger partial charge in [-0.3, -0.25) is 14.4 Å². The van der Waals surface area contributed by atoms with Crippen molar-refractivity contribution in [3.63, 3.8) is 0 Å². The summed E-state index contributed by atoms with van der Waals surface area (Å²) < 4.78 is 14.1. The van der Waals surface area contributed by atoms with E-state index in [4.69, 9.17) is 2.74 Å². The molecule has 176 valence electrons. The molecule has 0 aliphatic rings. The van der Waals surface area contributed by atoms with Crippen LogP contribution in [0.2, 0.25) is 0 Å². The number of carbonyl (C=O) groups is 3. The summed E-state index contributed by atoms with van der Waals surface area (Å²) in [5.74, 6) is -2.97. The quantitative estimate of drug-likeness (QED) is 0.150. The lowest BCUT2D eigenvalue weighted by Crippen LogP contribution is -2.53. The van der Waals surface area contributed by atoms with Crippen molar-refractivity contribution in [3.05, 3.63) is 0 Å². The molecule has 0 aliphatic heterocycles. The van der Waals surface area contributed by atoms with Gasteiger partial charge in [-0.05, 0) is 12.8 Å². The number of carbonyl (C=O) groups excluding carboxylic acids is 3. The monoisotopic (exact) mass is 434 g/mol. The van der Waals surface area contributed by atoms with Crippen molar-refractivity contribution in [1.82, 2.24) is 0 Å². The largest absolute Gasteiger partial charge is 0.387 e. The molecule has 0 aromatic heterocycles. The first-order chi connectivity index (χ1) is 15.2. The lowest BCUT2D eigenvalue weighted by Gasteiger charge is -2.26. The molecule has 0 aromatic carbocycles. The second-order valence-corrected chi connectivity index (χ2v) is 7.64. The molecular weight excluding hydrogens is 392 g/mol. The number of rotatable bonds is 19. The SMILES string of the molecule is [2H]CCCCCCCC(=O)C(O)C(=O)[C@H](O)[C@H](O)[C@H](O)C(O)C(=O)CCCCCCC[2H].